The predicted octanol–water partition coefficient (Wildman–Crippen LogP) is 4.90. The highest BCUT2D eigenvalue weighted by molar-refractivity contribution is 5.75. The summed E-state index contributed by atoms with van der Waals surface area (Å²) in [5.41, 5.74) is 0. The van der Waals surface area contributed by atoms with Gasteiger partial charge in [0.05, 0.1) is 0 Å². The van der Waals surface area contributed by atoms with E-state index >= 15 is 0 Å². The fraction of sp³-hybridized carbons (Fsp3) is 0.900. The Hall–Kier alpha value is -1.34. The van der Waals surface area contributed by atoms with Crippen molar-refractivity contribution >= 4 is 5.97 Å². The van der Waals surface area contributed by atoms with Crippen LogP contribution in [0.5, 0.6) is 0 Å². The lowest BCUT2D eigenvalue weighted by Gasteiger charge is -2.29. The van der Waals surface area contributed by atoms with Gasteiger partial charge in [-0.2, -0.15) is 48.3 Å². The van der Waals surface area contributed by atoms with Crippen LogP contribution in [0.15, 0.2) is 0 Å². The van der Waals surface area contributed by atoms with Gasteiger partial charge in [-0.25, -0.2) is 4.79 Å². The summed E-state index contributed by atoms with van der Waals surface area (Å²) in [6.07, 6.45) is -16.2. The molecule has 14 heteroatoms. The molecule has 0 rings (SSSR count). The number of carbonyl (C=O) groups is 1. The Morgan fingerprint density at radius 2 is 0.917 bits per heavy atom. The fourth-order valence-corrected chi connectivity index (χ4v) is 1.24. The maximum atomic E-state index is 13.1. The SMILES string of the molecule is N.O=C(O)C(F)(F)CCC(F)(F)C(F)(F)CCC(F)(F)C(F)(F)F. The molecule has 0 fully saturated rings. The summed E-state index contributed by atoms with van der Waals surface area (Å²) >= 11 is 0. The molecular weight excluding hydrogens is 375 g/mol. The van der Waals surface area contributed by atoms with Crippen molar-refractivity contribution < 1.29 is 58.2 Å². The van der Waals surface area contributed by atoms with Crippen LogP contribution in [0.3, 0.4) is 0 Å². The van der Waals surface area contributed by atoms with Gasteiger partial charge in [0.25, 0.3) is 0 Å². The van der Waals surface area contributed by atoms with Gasteiger partial charge < -0.3 is 11.3 Å². The summed E-state index contributed by atoms with van der Waals surface area (Å²) < 4.78 is 137. The van der Waals surface area contributed by atoms with Gasteiger partial charge in [-0.15, -0.1) is 0 Å². The largest absolute Gasteiger partial charge is 0.477 e. The Bertz CT molecular complexity index is 433. The molecule has 24 heavy (non-hydrogen) atoms. The monoisotopic (exact) mass is 387 g/mol. The molecule has 0 saturated carbocycles. The maximum Gasteiger partial charge on any atom is 0.453 e. The highest BCUT2D eigenvalue weighted by Gasteiger charge is 2.62. The van der Waals surface area contributed by atoms with Gasteiger partial charge in [0.2, 0.25) is 0 Å². The molecule has 0 spiro atoms. The first kappa shape index (κ1) is 24.9. The van der Waals surface area contributed by atoms with Crippen LogP contribution in [0, 0.1) is 0 Å². The molecule has 146 valence electrons. The predicted molar refractivity (Wildman–Crippen MR) is 57.0 cm³/mol. The first-order chi connectivity index (χ1) is 9.86. The number of hydrogen-bond donors (Lipinski definition) is 2. The van der Waals surface area contributed by atoms with Crippen molar-refractivity contribution in [3.8, 4) is 0 Å². The van der Waals surface area contributed by atoms with Crippen molar-refractivity contribution in [3.05, 3.63) is 0 Å². The fourth-order valence-electron chi connectivity index (χ4n) is 1.24. The van der Waals surface area contributed by atoms with Crippen LogP contribution in [0.1, 0.15) is 25.7 Å². The van der Waals surface area contributed by atoms with Crippen molar-refractivity contribution in [2.24, 2.45) is 0 Å². The quantitative estimate of drug-likeness (QED) is 0.582. The van der Waals surface area contributed by atoms with E-state index in [0.717, 1.165) is 0 Å². The third kappa shape index (κ3) is 5.94. The molecule has 0 radical (unpaired) electrons. The minimum atomic E-state index is -6.24. The topological polar surface area (TPSA) is 72.3 Å². The summed E-state index contributed by atoms with van der Waals surface area (Å²) in [7, 11) is 0. The van der Waals surface area contributed by atoms with Crippen molar-refractivity contribution in [2.75, 3.05) is 0 Å². The summed E-state index contributed by atoms with van der Waals surface area (Å²) in [6.45, 7) is 0. The number of rotatable bonds is 8. The Balaban J connectivity index is 0. The molecule has 0 aliphatic heterocycles. The number of carboxylic acids is 1. The molecule has 3 nitrogen and oxygen atoms in total. The van der Waals surface area contributed by atoms with Crippen LogP contribution in [0.25, 0.3) is 0 Å². The van der Waals surface area contributed by atoms with Gasteiger partial charge in [-0.05, 0) is 0 Å². The molecule has 0 bridgehead atoms. The molecule has 0 aromatic rings. The summed E-state index contributed by atoms with van der Waals surface area (Å²) in [6, 6.07) is 0. The van der Waals surface area contributed by atoms with Gasteiger partial charge in [-0.1, -0.05) is 0 Å². The second-order valence-electron chi connectivity index (χ2n) is 4.62. The highest BCUT2D eigenvalue weighted by atomic mass is 19.4. The normalized spacial score (nSPS) is 14.3. The number of aliphatic carboxylic acids is 1. The van der Waals surface area contributed by atoms with Gasteiger partial charge in [0.1, 0.15) is 0 Å². The van der Waals surface area contributed by atoms with Crippen molar-refractivity contribution in [1.82, 2.24) is 6.15 Å². The number of hydrogen-bond acceptors (Lipinski definition) is 2. The average molecular weight is 387 g/mol. The molecular formula is C10H12F11NO2. The second-order valence-corrected chi connectivity index (χ2v) is 4.62. The van der Waals surface area contributed by atoms with E-state index < -0.39 is 61.5 Å². The molecule has 0 atom stereocenters. The lowest BCUT2D eigenvalue weighted by Crippen LogP contribution is -2.45. The van der Waals surface area contributed by atoms with Crippen molar-refractivity contribution in [2.45, 2.75) is 55.5 Å². The van der Waals surface area contributed by atoms with Crippen LogP contribution in [0.2, 0.25) is 0 Å². The standard InChI is InChI=1S/C10H9F11O2.H3N/c11-6(12,5(22)23)1-2-7(13,14)8(15,16)3-4-9(17,18)10(19,20)21;/h1-4H2,(H,22,23);1H3. The van der Waals surface area contributed by atoms with E-state index in [1.807, 2.05) is 0 Å². The molecule has 0 aliphatic rings. The summed E-state index contributed by atoms with van der Waals surface area (Å²) in [5.74, 6) is -24.2. The Morgan fingerprint density at radius 1 is 0.625 bits per heavy atom. The molecule has 0 aromatic carbocycles. The summed E-state index contributed by atoms with van der Waals surface area (Å²) in [4.78, 5) is 9.95. The highest BCUT2D eigenvalue weighted by Crippen LogP contribution is 2.46. The summed E-state index contributed by atoms with van der Waals surface area (Å²) in [5, 5.41) is 7.93. The molecule has 4 N–H and O–H groups in total. The van der Waals surface area contributed by atoms with Crippen LogP contribution in [-0.2, 0) is 4.79 Å². The molecule has 0 saturated heterocycles. The molecule has 0 amide bonds. The van der Waals surface area contributed by atoms with E-state index in [2.05, 4.69) is 0 Å². The Labute approximate surface area is 127 Å². The van der Waals surface area contributed by atoms with E-state index in [-0.39, 0.29) is 6.15 Å². The second kappa shape index (κ2) is 7.27. The van der Waals surface area contributed by atoms with E-state index in [1.165, 1.54) is 0 Å². The van der Waals surface area contributed by atoms with E-state index in [0.29, 0.717) is 0 Å². The average Bonchev–Trinajstić information content (AvgIpc) is 2.32. The Kier molecular flexibility index (Phi) is 7.55. The molecule has 0 unspecified atom stereocenters. The third-order valence-corrected chi connectivity index (χ3v) is 2.77. The zero-order valence-corrected chi connectivity index (χ0v) is 11.5. The van der Waals surface area contributed by atoms with Crippen LogP contribution < -0.4 is 6.15 Å². The zero-order valence-electron chi connectivity index (χ0n) is 11.5. The minimum absolute atomic E-state index is 0. The van der Waals surface area contributed by atoms with Gasteiger partial charge in [0, 0.05) is 25.7 Å². The first-order valence-corrected chi connectivity index (χ1v) is 5.67. The zero-order chi connectivity index (χ0) is 18.9. The number of carboxylic acid groups (broad SMARTS) is 1. The van der Waals surface area contributed by atoms with Gasteiger partial charge >= 0.3 is 35.8 Å². The maximum absolute atomic E-state index is 13.1. The number of alkyl halides is 11. The molecule has 0 aromatic heterocycles. The lowest BCUT2D eigenvalue weighted by molar-refractivity contribution is -0.294. The van der Waals surface area contributed by atoms with Crippen LogP contribution in [0.4, 0.5) is 48.3 Å². The van der Waals surface area contributed by atoms with E-state index in [9.17, 15) is 53.1 Å². The Morgan fingerprint density at radius 3 is 1.21 bits per heavy atom. The minimum Gasteiger partial charge on any atom is -0.477 e. The van der Waals surface area contributed by atoms with Crippen LogP contribution in [-0.4, -0.2) is 40.9 Å². The van der Waals surface area contributed by atoms with E-state index in [4.69, 9.17) is 5.11 Å². The van der Waals surface area contributed by atoms with E-state index in [1.54, 1.807) is 0 Å². The van der Waals surface area contributed by atoms with Gasteiger partial charge in [0.15, 0.2) is 0 Å². The van der Waals surface area contributed by atoms with Crippen LogP contribution >= 0.6 is 0 Å². The van der Waals surface area contributed by atoms with Crippen molar-refractivity contribution in [3.63, 3.8) is 0 Å². The van der Waals surface area contributed by atoms with Gasteiger partial charge in [-0.3, -0.25) is 0 Å². The molecule has 0 heterocycles. The smallest absolute Gasteiger partial charge is 0.453 e. The first-order valence-electron chi connectivity index (χ1n) is 5.67. The lowest BCUT2D eigenvalue weighted by atomic mass is 9.97. The third-order valence-electron chi connectivity index (χ3n) is 2.77. The number of halogens is 11. The molecule has 0 aliphatic carbocycles. The van der Waals surface area contributed by atoms with Crippen molar-refractivity contribution in [1.29, 1.82) is 0 Å².